The monoisotopic (exact) mass is 402 g/mol. The molecule has 0 bridgehead atoms. The van der Waals surface area contributed by atoms with Crippen molar-refractivity contribution in [2.45, 2.75) is 12.5 Å². The molecule has 9 heteroatoms. The number of fused-ring (bicyclic) bond motifs is 1. The number of carbonyl (C=O) groups excluding carboxylic acids is 1. The molecule has 128 valence electrons. The van der Waals surface area contributed by atoms with Crippen molar-refractivity contribution in [2.24, 2.45) is 0 Å². The van der Waals surface area contributed by atoms with E-state index >= 15 is 0 Å². The van der Waals surface area contributed by atoms with E-state index in [4.69, 9.17) is 10.5 Å². The van der Waals surface area contributed by atoms with Crippen LogP contribution >= 0.6 is 15.9 Å². The Bertz CT molecular complexity index is 923. The molecule has 3 aromatic rings. The fourth-order valence-corrected chi connectivity index (χ4v) is 3.35. The normalized spacial score (nSPS) is 14.5. The van der Waals surface area contributed by atoms with Gasteiger partial charge in [0, 0.05) is 13.1 Å². The largest absolute Gasteiger partial charge is 0.445 e. The minimum Gasteiger partial charge on any atom is -0.445 e. The number of hydrogen-bond acceptors (Lipinski definition) is 6. The highest BCUT2D eigenvalue weighted by atomic mass is 79.9. The highest BCUT2D eigenvalue weighted by molar-refractivity contribution is 9.10. The predicted molar refractivity (Wildman–Crippen MR) is 93.8 cm³/mol. The number of carbonyl (C=O) groups is 1. The summed E-state index contributed by atoms with van der Waals surface area (Å²) in [5, 5.41) is 4.21. The summed E-state index contributed by atoms with van der Waals surface area (Å²) in [7, 11) is 0. The second-order valence-electron chi connectivity index (χ2n) is 5.81. The molecule has 2 N–H and O–H groups in total. The number of likely N-dealkylation sites (tertiary alicyclic amines) is 1. The fourth-order valence-electron chi connectivity index (χ4n) is 2.80. The SMILES string of the molecule is Nc1ncnn2c(C3CN(C(=O)OCc4ccccc4)C3)nc(Br)c12. The van der Waals surface area contributed by atoms with Crippen molar-refractivity contribution >= 4 is 33.4 Å². The first-order valence-corrected chi connectivity index (χ1v) is 8.53. The summed E-state index contributed by atoms with van der Waals surface area (Å²) < 4.78 is 7.61. The van der Waals surface area contributed by atoms with E-state index < -0.39 is 0 Å². The number of rotatable bonds is 3. The number of benzene rings is 1. The maximum Gasteiger partial charge on any atom is 0.410 e. The van der Waals surface area contributed by atoms with Crippen LogP contribution in [-0.4, -0.2) is 43.7 Å². The third kappa shape index (κ3) is 2.91. The number of imidazole rings is 1. The number of aromatic nitrogens is 4. The van der Waals surface area contributed by atoms with Gasteiger partial charge in [-0.25, -0.2) is 19.3 Å². The second-order valence-corrected chi connectivity index (χ2v) is 6.56. The average Bonchev–Trinajstić information content (AvgIpc) is 2.91. The van der Waals surface area contributed by atoms with Gasteiger partial charge in [-0.2, -0.15) is 5.10 Å². The lowest BCUT2D eigenvalue weighted by atomic mass is 10.0. The maximum atomic E-state index is 12.1. The number of hydrogen-bond donors (Lipinski definition) is 1. The number of anilines is 1. The van der Waals surface area contributed by atoms with Crippen LogP contribution in [0.2, 0.25) is 0 Å². The van der Waals surface area contributed by atoms with Gasteiger partial charge in [0.25, 0.3) is 0 Å². The van der Waals surface area contributed by atoms with E-state index in [1.54, 1.807) is 9.42 Å². The van der Waals surface area contributed by atoms with Gasteiger partial charge in [0.15, 0.2) is 5.82 Å². The van der Waals surface area contributed by atoms with Crippen LogP contribution < -0.4 is 5.73 Å². The van der Waals surface area contributed by atoms with E-state index in [-0.39, 0.29) is 18.6 Å². The van der Waals surface area contributed by atoms with E-state index in [0.29, 0.717) is 29.0 Å². The highest BCUT2D eigenvalue weighted by Crippen LogP contribution is 2.31. The molecule has 8 nitrogen and oxygen atoms in total. The summed E-state index contributed by atoms with van der Waals surface area (Å²) >= 11 is 3.39. The lowest BCUT2D eigenvalue weighted by Gasteiger charge is -2.37. The first-order chi connectivity index (χ1) is 12.1. The van der Waals surface area contributed by atoms with Gasteiger partial charge in [-0.15, -0.1) is 0 Å². The smallest absolute Gasteiger partial charge is 0.410 e. The summed E-state index contributed by atoms with van der Waals surface area (Å²) in [5.74, 6) is 1.19. The molecule has 0 unspecified atom stereocenters. The van der Waals surface area contributed by atoms with Crippen molar-refractivity contribution < 1.29 is 9.53 Å². The molecule has 3 heterocycles. The van der Waals surface area contributed by atoms with Crippen LogP contribution in [-0.2, 0) is 11.3 Å². The van der Waals surface area contributed by atoms with Crippen molar-refractivity contribution in [3.63, 3.8) is 0 Å². The predicted octanol–water partition coefficient (Wildman–Crippen LogP) is 2.20. The van der Waals surface area contributed by atoms with E-state index in [1.807, 2.05) is 30.3 Å². The Balaban J connectivity index is 1.41. The van der Waals surface area contributed by atoms with E-state index in [1.165, 1.54) is 6.33 Å². The number of nitrogens with zero attached hydrogens (tertiary/aromatic N) is 5. The fraction of sp³-hybridized carbons (Fsp3) is 0.250. The Morgan fingerprint density at radius 2 is 2.08 bits per heavy atom. The van der Waals surface area contributed by atoms with Crippen molar-refractivity contribution in [3.05, 3.63) is 52.7 Å². The first kappa shape index (κ1) is 15.8. The molecule has 1 amide bonds. The molecule has 0 aliphatic carbocycles. The molecule has 1 aromatic carbocycles. The third-order valence-corrected chi connectivity index (χ3v) is 4.71. The Hall–Kier alpha value is -2.68. The summed E-state index contributed by atoms with van der Waals surface area (Å²) in [6, 6.07) is 9.60. The lowest BCUT2D eigenvalue weighted by molar-refractivity contribution is 0.0647. The Labute approximate surface area is 151 Å². The van der Waals surface area contributed by atoms with E-state index in [2.05, 4.69) is 31.0 Å². The van der Waals surface area contributed by atoms with Gasteiger partial charge in [-0.3, -0.25) is 0 Å². The topological polar surface area (TPSA) is 98.6 Å². The summed E-state index contributed by atoms with van der Waals surface area (Å²) in [4.78, 5) is 22.2. The molecule has 1 aliphatic rings. The van der Waals surface area contributed by atoms with Gasteiger partial charge in [0.1, 0.15) is 28.9 Å². The van der Waals surface area contributed by atoms with Gasteiger partial charge < -0.3 is 15.4 Å². The van der Waals surface area contributed by atoms with Crippen LogP contribution in [0.4, 0.5) is 10.6 Å². The number of nitrogen functional groups attached to an aromatic ring is 1. The molecule has 2 aromatic heterocycles. The number of ether oxygens (including phenoxy) is 1. The molecule has 4 rings (SSSR count). The average molecular weight is 403 g/mol. The van der Waals surface area contributed by atoms with Gasteiger partial charge in [-0.1, -0.05) is 30.3 Å². The van der Waals surface area contributed by atoms with Crippen molar-refractivity contribution in [1.82, 2.24) is 24.5 Å². The van der Waals surface area contributed by atoms with Crippen LogP contribution in [0.3, 0.4) is 0 Å². The molecule has 1 aliphatic heterocycles. The Kier molecular flexibility index (Phi) is 4.00. The Morgan fingerprint density at radius 1 is 1.32 bits per heavy atom. The number of halogens is 1. The van der Waals surface area contributed by atoms with Crippen molar-refractivity contribution in [1.29, 1.82) is 0 Å². The molecule has 1 saturated heterocycles. The van der Waals surface area contributed by atoms with Crippen LogP contribution in [0.25, 0.3) is 5.52 Å². The molecule has 0 spiro atoms. The van der Waals surface area contributed by atoms with Crippen LogP contribution in [0, 0.1) is 0 Å². The number of amides is 1. The summed E-state index contributed by atoms with van der Waals surface area (Å²) in [6.07, 6.45) is 1.07. The Morgan fingerprint density at radius 3 is 2.84 bits per heavy atom. The second kappa shape index (κ2) is 6.32. The van der Waals surface area contributed by atoms with Gasteiger partial charge in [0.2, 0.25) is 0 Å². The van der Waals surface area contributed by atoms with E-state index in [9.17, 15) is 4.79 Å². The minimum atomic E-state index is -0.325. The van der Waals surface area contributed by atoms with Gasteiger partial charge in [-0.05, 0) is 21.5 Å². The van der Waals surface area contributed by atoms with Gasteiger partial charge >= 0.3 is 6.09 Å². The lowest BCUT2D eigenvalue weighted by Crippen LogP contribution is -2.49. The standard InChI is InChI=1S/C16H15BrN6O2/c17-13-12-14(18)19-9-20-23(12)15(21-13)11-6-22(7-11)16(24)25-8-10-4-2-1-3-5-10/h1-5,9,11H,6-8H2,(H2,18,19,20). The zero-order valence-electron chi connectivity index (χ0n) is 13.2. The van der Waals surface area contributed by atoms with E-state index in [0.717, 1.165) is 11.4 Å². The van der Waals surface area contributed by atoms with Gasteiger partial charge in [0.05, 0.1) is 5.92 Å². The summed E-state index contributed by atoms with van der Waals surface area (Å²) in [5.41, 5.74) is 7.48. The highest BCUT2D eigenvalue weighted by Gasteiger charge is 2.36. The quantitative estimate of drug-likeness (QED) is 0.720. The molecular formula is C16H15BrN6O2. The third-order valence-electron chi connectivity index (χ3n) is 4.15. The maximum absolute atomic E-state index is 12.1. The zero-order chi connectivity index (χ0) is 17.4. The van der Waals surface area contributed by atoms with Crippen LogP contribution in [0.15, 0.2) is 41.3 Å². The van der Waals surface area contributed by atoms with Crippen molar-refractivity contribution in [3.8, 4) is 0 Å². The zero-order valence-corrected chi connectivity index (χ0v) is 14.8. The molecule has 0 atom stereocenters. The van der Waals surface area contributed by atoms with Crippen molar-refractivity contribution in [2.75, 3.05) is 18.8 Å². The summed E-state index contributed by atoms with van der Waals surface area (Å²) in [6.45, 7) is 1.33. The first-order valence-electron chi connectivity index (χ1n) is 7.73. The molecule has 1 fully saturated rings. The minimum absolute atomic E-state index is 0.0809. The molecule has 0 saturated carbocycles. The number of nitrogens with two attached hydrogens (primary N) is 1. The van der Waals surface area contributed by atoms with Crippen LogP contribution in [0.5, 0.6) is 0 Å². The molecule has 25 heavy (non-hydrogen) atoms. The molecular weight excluding hydrogens is 388 g/mol. The molecule has 0 radical (unpaired) electrons. The van der Waals surface area contributed by atoms with Crippen LogP contribution in [0.1, 0.15) is 17.3 Å².